The molecule has 0 aromatic heterocycles. The monoisotopic (exact) mass is 169 g/mol. The number of hydrogen-bond acceptors (Lipinski definition) is 3. The van der Waals surface area contributed by atoms with E-state index in [1.165, 1.54) is 20.0 Å². The highest BCUT2D eigenvalue weighted by Gasteiger charge is 2.51. The average molecular weight is 169 g/mol. The summed E-state index contributed by atoms with van der Waals surface area (Å²) in [5.41, 5.74) is -0.296. The summed E-state index contributed by atoms with van der Waals surface area (Å²) in [4.78, 5) is 11.4. The zero-order valence-electron chi connectivity index (χ0n) is 7.43. The van der Waals surface area contributed by atoms with Crippen molar-refractivity contribution in [3.8, 4) is 0 Å². The molecule has 3 fully saturated rings. The van der Waals surface area contributed by atoms with Crippen LogP contribution in [0.1, 0.15) is 32.1 Å². The van der Waals surface area contributed by atoms with E-state index < -0.39 is 0 Å². The second-order valence-electron chi connectivity index (χ2n) is 3.86. The van der Waals surface area contributed by atoms with Crippen molar-refractivity contribution in [3.63, 3.8) is 0 Å². The van der Waals surface area contributed by atoms with Crippen molar-refractivity contribution in [3.05, 3.63) is 0 Å². The van der Waals surface area contributed by atoms with E-state index in [4.69, 9.17) is 4.74 Å². The van der Waals surface area contributed by atoms with Gasteiger partial charge >= 0.3 is 5.97 Å². The Bertz CT molecular complexity index is 191. The Kier molecular flexibility index (Phi) is 1.83. The van der Waals surface area contributed by atoms with Gasteiger partial charge in [-0.05, 0) is 19.3 Å². The molecule has 0 radical (unpaired) electrons. The van der Waals surface area contributed by atoms with Crippen molar-refractivity contribution in [1.29, 1.82) is 0 Å². The smallest absolute Gasteiger partial charge is 0.326 e. The third kappa shape index (κ3) is 1.04. The molecule has 12 heavy (non-hydrogen) atoms. The van der Waals surface area contributed by atoms with Crippen molar-refractivity contribution < 1.29 is 9.53 Å². The maximum absolute atomic E-state index is 11.4. The lowest BCUT2D eigenvalue weighted by molar-refractivity contribution is -0.154. The molecule has 0 aromatic carbocycles. The van der Waals surface area contributed by atoms with Crippen molar-refractivity contribution in [2.75, 3.05) is 7.11 Å². The van der Waals surface area contributed by atoms with Crippen LogP contribution in [0.3, 0.4) is 0 Å². The summed E-state index contributed by atoms with van der Waals surface area (Å²) in [7, 11) is 1.47. The molecule has 2 unspecified atom stereocenters. The third-order valence-corrected chi connectivity index (χ3v) is 3.06. The quantitative estimate of drug-likeness (QED) is 0.591. The van der Waals surface area contributed by atoms with Gasteiger partial charge in [0, 0.05) is 6.04 Å². The predicted octanol–water partition coefficient (Wildman–Crippen LogP) is 0.834. The van der Waals surface area contributed by atoms with Gasteiger partial charge in [0.2, 0.25) is 0 Å². The standard InChI is InChI=1S/C9H15NO2/c1-12-8(11)9-5-3-2-4-7(6-9)10-9/h7,10H,2-6H2,1H3. The zero-order valence-corrected chi connectivity index (χ0v) is 7.43. The van der Waals surface area contributed by atoms with Crippen LogP contribution < -0.4 is 5.32 Å². The SMILES string of the molecule is COC(=O)C12CCCCC(C1)N2. The van der Waals surface area contributed by atoms with E-state index >= 15 is 0 Å². The third-order valence-electron chi connectivity index (χ3n) is 3.06. The molecule has 2 heterocycles. The molecule has 68 valence electrons. The number of hydrogen-bond donors (Lipinski definition) is 1. The van der Waals surface area contributed by atoms with Gasteiger partial charge in [0.05, 0.1) is 7.11 Å². The molecule has 3 heteroatoms. The van der Waals surface area contributed by atoms with Crippen LogP contribution in [0.25, 0.3) is 0 Å². The van der Waals surface area contributed by atoms with Crippen molar-refractivity contribution >= 4 is 5.97 Å². The summed E-state index contributed by atoms with van der Waals surface area (Å²) in [6, 6.07) is 0.576. The molecule has 1 saturated carbocycles. The number of carbonyl (C=O) groups excluding carboxylic acids is 1. The van der Waals surface area contributed by atoms with Crippen LogP contribution in [-0.4, -0.2) is 24.7 Å². The van der Waals surface area contributed by atoms with Crippen LogP contribution in [0.5, 0.6) is 0 Å². The molecular formula is C9H15NO2. The average Bonchev–Trinajstić information content (AvgIpc) is 2.33. The van der Waals surface area contributed by atoms with Gasteiger partial charge in [-0.15, -0.1) is 0 Å². The molecule has 0 spiro atoms. The second-order valence-corrected chi connectivity index (χ2v) is 3.86. The van der Waals surface area contributed by atoms with E-state index in [2.05, 4.69) is 5.32 Å². The molecule has 2 atom stereocenters. The first kappa shape index (κ1) is 8.05. The lowest BCUT2D eigenvalue weighted by Gasteiger charge is -2.44. The van der Waals surface area contributed by atoms with E-state index in [1.807, 2.05) is 0 Å². The lowest BCUT2D eigenvalue weighted by Crippen LogP contribution is -2.67. The van der Waals surface area contributed by atoms with E-state index in [1.54, 1.807) is 0 Å². The lowest BCUT2D eigenvalue weighted by atomic mass is 9.80. The highest BCUT2D eigenvalue weighted by Crippen LogP contribution is 2.37. The van der Waals surface area contributed by atoms with Gasteiger partial charge in [0.15, 0.2) is 0 Å². The molecule has 3 aliphatic rings. The number of rotatable bonds is 1. The maximum atomic E-state index is 11.4. The fourth-order valence-corrected chi connectivity index (χ4v) is 2.40. The molecule has 2 saturated heterocycles. The molecular weight excluding hydrogens is 154 g/mol. The van der Waals surface area contributed by atoms with Gasteiger partial charge in [0.1, 0.15) is 5.54 Å². The highest BCUT2D eigenvalue weighted by molar-refractivity contribution is 5.82. The topological polar surface area (TPSA) is 38.3 Å². The van der Waals surface area contributed by atoms with E-state index in [9.17, 15) is 4.79 Å². The van der Waals surface area contributed by atoms with Crippen LogP contribution in [0.4, 0.5) is 0 Å². The molecule has 1 N–H and O–H groups in total. The van der Waals surface area contributed by atoms with Crippen LogP contribution in [0.15, 0.2) is 0 Å². The number of ether oxygens (including phenoxy) is 1. The summed E-state index contributed by atoms with van der Waals surface area (Å²) < 4.78 is 4.78. The van der Waals surface area contributed by atoms with Crippen LogP contribution >= 0.6 is 0 Å². The van der Waals surface area contributed by atoms with Gasteiger partial charge in [-0.1, -0.05) is 12.8 Å². The minimum absolute atomic E-state index is 0.0688. The Hall–Kier alpha value is -0.570. The Morgan fingerprint density at radius 3 is 3.00 bits per heavy atom. The molecule has 0 aromatic rings. The Morgan fingerprint density at radius 2 is 2.33 bits per heavy atom. The largest absolute Gasteiger partial charge is 0.468 e. The van der Waals surface area contributed by atoms with Gasteiger partial charge in [-0.2, -0.15) is 0 Å². The Labute approximate surface area is 72.5 Å². The number of fused-ring (bicyclic) bond motifs is 3. The first-order valence-electron chi connectivity index (χ1n) is 4.63. The summed E-state index contributed by atoms with van der Waals surface area (Å²) in [5, 5.41) is 3.33. The summed E-state index contributed by atoms with van der Waals surface area (Å²) in [5.74, 6) is -0.0688. The Morgan fingerprint density at radius 1 is 1.58 bits per heavy atom. The van der Waals surface area contributed by atoms with E-state index in [-0.39, 0.29) is 11.5 Å². The van der Waals surface area contributed by atoms with E-state index in [0.717, 1.165) is 19.3 Å². The minimum atomic E-state index is -0.296. The normalized spacial score (nSPS) is 39.6. The molecule has 3 nitrogen and oxygen atoms in total. The number of nitrogens with one attached hydrogen (secondary N) is 1. The van der Waals surface area contributed by atoms with Crippen molar-refractivity contribution in [2.24, 2.45) is 0 Å². The summed E-state index contributed by atoms with van der Waals surface area (Å²) in [6.45, 7) is 0. The second kappa shape index (κ2) is 2.73. The Balaban J connectivity index is 2.07. The number of esters is 1. The van der Waals surface area contributed by atoms with E-state index in [0.29, 0.717) is 6.04 Å². The highest BCUT2D eigenvalue weighted by atomic mass is 16.5. The fourth-order valence-electron chi connectivity index (χ4n) is 2.40. The molecule has 1 aliphatic carbocycles. The van der Waals surface area contributed by atoms with Gasteiger partial charge < -0.3 is 4.74 Å². The van der Waals surface area contributed by atoms with Gasteiger partial charge in [-0.25, -0.2) is 0 Å². The first-order valence-corrected chi connectivity index (χ1v) is 4.63. The molecule has 2 bridgehead atoms. The number of carbonyl (C=O) groups is 1. The van der Waals surface area contributed by atoms with Crippen molar-refractivity contribution in [1.82, 2.24) is 5.32 Å². The molecule has 2 aliphatic heterocycles. The van der Waals surface area contributed by atoms with Gasteiger partial charge in [-0.3, -0.25) is 10.1 Å². The first-order chi connectivity index (χ1) is 5.77. The van der Waals surface area contributed by atoms with Crippen LogP contribution in [0, 0.1) is 0 Å². The summed E-state index contributed by atoms with van der Waals surface area (Å²) >= 11 is 0. The van der Waals surface area contributed by atoms with Crippen molar-refractivity contribution in [2.45, 2.75) is 43.7 Å². The molecule has 0 amide bonds. The zero-order chi connectivity index (χ0) is 8.60. The molecule has 3 rings (SSSR count). The maximum Gasteiger partial charge on any atom is 0.326 e. The fraction of sp³-hybridized carbons (Fsp3) is 0.889. The predicted molar refractivity (Wildman–Crippen MR) is 44.8 cm³/mol. The number of methoxy groups -OCH3 is 1. The minimum Gasteiger partial charge on any atom is -0.468 e. The van der Waals surface area contributed by atoms with Crippen LogP contribution in [0.2, 0.25) is 0 Å². The van der Waals surface area contributed by atoms with Gasteiger partial charge in [0.25, 0.3) is 0 Å². The summed E-state index contributed by atoms with van der Waals surface area (Å²) in [6.07, 6.45) is 5.56. The van der Waals surface area contributed by atoms with Crippen LogP contribution in [-0.2, 0) is 9.53 Å².